The third-order valence-corrected chi connectivity index (χ3v) is 15.2. The van der Waals surface area contributed by atoms with Gasteiger partial charge in [-0.1, -0.05) is 13.0 Å². The second-order valence-corrected chi connectivity index (χ2v) is 21.8. The van der Waals surface area contributed by atoms with E-state index in [0.717, 1.165) is 80.0 Å². The second-order valence-electron chi connectivity index (χ2n) is 17.8. The van der Waals surface area contributed by atoms with E-state index in [9.17, 15) is 14.2 Å². The van der Waals surface area contributed by atoms with Gasteiger partial charge in [0.05, 0.1) is 34.4 Å². The van der Waals surface area contributed by atoms with Crippen molar-refractivity contribution < 1.29 is 27.7 Å². The lowest BCUT2D eigenvalue weighted by Gasteiger charge is -2.47. The van der Waals surface area contributed by atoms with Crippen LogP contribution in [0.25, 0.3) is 10.9 Å². The summed E-state index contributed by atoms with van der Waals surface area (Å²) < 4.78 is 50.6. The van der Waals surface area contributed by atoms with Crippen molar-refractivity contribution in [3.05, 3.63) is 93.2 Å². The Morgan fingerprint density at radius 2 is 1.71 bits per heavy atom. The quantitative estimate of drug-likeness (QED) is 0.0770. The van der Waals surface area contributed by atoms with Gasteiger partial charge >= 0.3 is 0 Å². The van der Waals surface area contributed by atoms with Crippen LogP contribution in [0.4, 0.5) is 37.6 Å². The highest BCUT2D eigenvalue weighted by atomic mass is 79.9. The van der Waals surface area contributed by atoms with Crippen LogP contribution < -0.4 is 30.9 Å². The minimum Gasteiger partial charge on any atom is -0.494 e. The predicted octanol–water partition coefficient (Wildman–Crippen LogP) is 8.42. The second kappa shape index (κ2) is 19.4. The molecule has 3 saturated heterocycles. The number of ether oxygens (including phenoxy) is 1. The fraction of sp³-hybridized carbons (Fsp3) is 0.438. The van der Waals surface area contributed by atoms with Crippen molar-refractivity contribution in [3.63, 3.8) is 0 Å². The Morgan fingerprint density at radius 3 is 2.38 bits per heavy atom. The van der Waals surface area contributed by atoms with Crippen LogP contribution >= 0.6 is 23.1 Å². The normalized spacial score (nSPS) is 19.1. The number of pyridine rings is 1. The molecule has 2 aromatic heterocycles. The zero-order valence-corrected chi connectivity index (χ0v) is 40.3. The fourth-order valence-electron chi connectivity index (χ4n) is 9.79. The number of benzene rings is 3. The van der Waals surface area contributed by atoms with Gasteiger partial charge in [-0.05, 0) is 123 Å². The summed E-state index contributed by atoms with van der Waals surface area (Å²) in [6.45, 7) is 15.0. The van der Waals surface area contributed by atoms with Gasteiger partial charge in [-0.2, -0.15) is 4.98 Å². The summed E-state index contributed by atoms with van der Waals surface area (Å²) in [7, 11) is -1.07. The van der Waals surface area contributed by atoms with Crippen LogP contribution in [0.3, 0.4) is 0 Å². The lowest BCUT2D eigenvalue weighted by Crippen LogP contribution is -2.57. The topological polar surface area (TPSA) is 145 Å². The van der Waals surface area contributed by atoms with E-state index in [0.29, 0.717) is 63.6 Å². The van der Waals surface area contributed by atoms with Crippen LogP contribution in [0.15, 0.2) is 59.2 Å². The van der Waals surface area contributed by atoms with Crippen LogP contribution in [0.2, 0.25) is 0 Å². The van der Waals surface area contributed by atoms with Crippen LogP contribution in [0.5, 0.6) is 5.75 Å². The molecule has 5 aromatic rings. The zero-order chi connectivity index (χ0) is 46.2. The minimum atomic E-state index is -2.74. The van der Waals surface area contributed by atoms with Crippen molar-refractivity contribution >= 4 is 79.9 Å². The Balaban J connectivity index is 0.885. The highest BCUT2D eigenvalue weighted by Crippen LogP contribution is 2.42. The number of aryl methyl sites for hydroxylation is 2. The summed E-state index contributed by atoms with van der Waals surface area (Å²) in [6.07, 6.45) is 5.21. The Labute approximate surface area is 387 Å². The van der Waals surface area contributed by atoms with Gasteiger partial charge < -0.3 is 29.7 Å². The van der Waals surface area contributed by atoms with Crippen molar-refractivity contribution in [2.24, 2.45) is 0 Å². The van der Waals surface area contributed by atoms with E-state index in [1.807, 2.05) is 31.2 Å². The molecule has 3 N–H and O–H groups in total. The number of piperazine rings is 1. The smallest absolute Gasteiger partial charge is 0.234 e. The molecule has 2 atom stereocenters. The zero-order valence-electron chi connectivity index (χ0n) is 37.8. The van der Waals surface area contributed by atoms with E-state index in [4.69, 9.17) is 9.72 Å². The van der Waals surface area contributed by atoms with Gasteiger partial charge in [0, 0.05) is 97.7 Å². The van der Waals surface area contributed by atoms with Gasteiger partial charge in [-0.3, -0.25) is 24.8 Å². The molecule has 3 aliphatic heterocycles. The molecule has 65 heavy (non-hydrogen) atoms. The molecule has 0 bridgehead atoms. The number of methoxy groups -OCH3 is 1. The molecule has 0 aliphatic carbocycles. The summed E-state index contributed by atoms with van der Waals surface area (Å²) in [4.78, 5) is 45.4. The summed E-state index contributed by atoms with van der Waals surface area (Å²) in [5.41, 5.74) is 5.77. The average molecular weight is 973 g/mol. The number of nitrogens with one attached hydrogen (secondary N) is 3. The first-order chi connectivity index (χ1) is 31.1. The van der Waals surface area contributed by atoms with Crippen LogP contribution in [-0.2, 0) is 27.0 Å². The molecule has 0 spiro atoms. The number of fused-ring (bicyclic) bond motifs is 1. The fourth-order valence-corrected chi connectivity index (χ4v) is 11.6. The Kier molecular flexibility index (Phi) is 13.9. The molecule has 17 heteroatoms. The number of hydrogen-bond donors (Lipinski definition) is 3. The van der Waals surface area contributed by atoms with Crippen molar-refractivity contribution in [3.8, 4) is 5.75 Å². The monoisotopic (exact) mass is 971 g/mol. The molecule has 5 heterocycles. The van der Waals surface area contributed by atoms with Crippen molar-refractivity contribution in [2.45, 2.75) is 77.3 Å². The highest BCUT2D eigenvalue weighted by molar-refractivity contribution is 9.10. The van der Waals surface area contributed by atoms with E-state index < -0.39 is 36.5 Å². The number of anilines is 5. The van der Waals surface area contributed by atoms with E-state index in [1.165, 1.54) is 17.7 Å². The van der Waals surface area contributed by atoms with E-state index in [2.05, 4.69) is 82.5 Å². The molecule has 3 aromatic carbocycles. The van der Waals surface area contributed by atoms with Gasteiger partial charge in [0.15, 0.2) is 0 Å². The summed E-state index contributed by atoms with van der Waals surface area (Å²) in [5.74, 6) is -1.96. The number of aromatic nitrogens is 3. The van der Waals surface area contributed by atoms with E-state index >= 15 is 8.78 Å². The molecule has 0 radical (unpaired) electrons. The number of nitrogens with zero attached hydrogens (tertiary/aromatic N) is 6. The Hall–Kier alpha value is -5.02. The lowest BCUT2D eigenvalue weighted by atomic mass is 9.89. The SMILES string of the molecule is CCc1cc(Nc2ncc(Br)c(Nc3ccc4nc(C)ccc4c3P(C)(C)=O)n2)c(OC)cc1N1CCC(N2CCN(CCc3cc(F)c(C4CCC(=O)NC4=O)c(F)c3)CC2C)CC1. The van der Waals surface area contributed by atoms with Crippen LogP contribution in [0.1, 0.15) is 67.8 Å². The first kappa shape index (κ1) is 46.5. The third kappa shape index (κ3) is 10.2. The molecule has 2 amide bonds. The maximum atomic E-state index is 15.2. The number of imide groups is 1. The van der Waals surface area contributed by atoms with Gasteiger partial charge in [0.25, 0.3) is 0 Å². The van der Waals surface area contributed by atoms with Gasteiger partial charge in [-0.25, -0.2) is 13.8 Å². The predicted molar refractivity (Wildman–Crippen MR) is 257 cm³/mol. The minimum absolute atomic E-state index is 0.0626. The number of piperidine rings is 2. The summed E-state index contributed by atoms with van der Waals surface area (Å²) >= 11 is 3.61. The molecule has 3 aliphatic rings. The molecular weight excluding hydrogens is 915 g/mol. The maximum absolute atomic E-state index is 15.2. The summed E-state index contributed by atoms with van der Waals surface area (Å²) in [6, 6.07) is 15.4. The largest absolute Gasteiger partial charge is 0.494 e. The standard InChI is InChI=1S/C48H57BrF2N9O4P/c1-7-31-24-40(55-48-52-26-35(49)46(57-48)54-39-12-11-38-33(9-8-28(2)53-38)45(39)65(5,6)63)42(64-4)25-41(31)59-18-15-32(16-19-59)60-21-20-58(27-29(60)3)17-14-30-22-36(50)44(37(51)23-30)34-10-13-43(61)56-47(34)62/h8-9,11-12,22-26,29,32,34H,7,10,13-21,27H2,1-6H3,(H,56,61,62)(H2,52,54,55,57). The molecule has 13 nitrogen and oxygen atoms in total. The average Bonchev–Trinajstić information content (AvgIpc) is 3.26. The van der Waals surface area contributed by atoms with Crippen molar-refractivity contribution in [1.29, 1.82) is 0 Å². The number of amides is 2. The Bertz CT molecular complexity index is 2650. The van der Waals surface area contributed by atoms with Crippen LogP contribution in [0, 0.1) is 18.6 Å². The Morgan fingerprint density at radius 1 is 0.954 bits per heavy atom. The molecule has 8 rings (SSSR count). The first-order valence-corrected chi connectivity index (χ1v) is 25.8. The lowest BCUT2D eigenvalue weighted by molar-refractivity contribution is -0.134. The van der Waals surface area contributed by atoms with Gasteiger partial charge in [0.1, 0.15) is 30.3 Å². The maximum Gasteiger partial charge on any atom is 0.234 e. The number of carbonyl (C=O) groups is 2. The molecule has 2 unspecified atom stereocenters. The van der Waals surface area contributed by atoms with Gasteiger partial charge in [0.2, 0.25) is 17.8 Å². The van der Waals surface area contributed by atoms with Crippen LogP contribution in [-0.4, -0.2) is 108 Å². The molecule has 0 saturated carbocycles. The molecule has 3 fully saturated rings. The van der Waals surface area contributed by atoms with E-state index in [1.54, 1.807) is 26.6 Å². The van der Waals surface area contributed by atoms with Crippen molar-refractivity contribution in [2.75, 3.05) is 75.2 Å². The highest BCUT2D eigenvalue weighted by Gasteiger charge is 2.34. The van der Waals surface area contributed by atoms with Crippen molar-refractivity contribution in [1.82, 2.24) is 30.1 Å². The molecular formula is C48H57BrF2N9O4P. The number of hydrogen-bond acceptors (Lipinski definition) is 12. The number of carbonyl (C=O) groups excluding carboxylic acids is 2. The number of rotatable bonds is 13. The summed E-state index contributed by atoms with van der Waals surface area (Å²) in [5, 5.41) is 10.6. The number of halogens is 3. The first-order valence-electron chi connectivity index (χ1n) is 22.4. The third-order valence-electron chi connectivity index (χ3n) is 13.0. The van der Waals surface area contributed by atoms with E-state index in [-0.39, 0.29) is 18.4 Å². The van der Waals surface area contributed by atoms with Gasteiger partial charge in [-0.15, -0.1) is 0 Å². The molecule has 344 valence electrons.